The number of anilines is 6. The van der Waals surface area contributed by atoms with Crippen LogP contribution in [0.1, 0.15) is 52.7 Å². The summed E-state index contributed by atoms with van der Waals surface area (Å²) in [4.78, 5) is 4.96. The van der Waals surface area contributed by atoms with Crippen LogP contribution in [0.4, 0.5) is 34.1 Å². The highest BCUT2D eigenvalue weighted by molar-refractivity contribution is 7.27. The van der Waals surface area contributed by atoms with Crippen LogP contribution in [0.25, 0.3) is 0 Å². The fourth-order valence-corrected chi connectivity index (χ4v) is 15.7. The Balaban J connectivity index is 1.29. The van der Waals surface area contributed by atoms with Crippen LogP contribution >= 0.6 is 0 Å². The molecule has 3 heterocycles. The molecule has 0 N–H and O–H groups in total. The molecule has 3 aliphatic heterocycles. The second kappa shape index (κ2) is 13.7. The lowest BCUT2D eigenvalue weighted by Gasteiger charge is -2.49. The van der Waals surface area contributed by atoms with E-state index in [-0.39, 0.29) is 17.5 Å². The number of para-hydroxylation sites is 2. The SMILES string of the molecule is CC(C)(C)c1cc(N2c3cc(N(c4ccccc4)c4ccccc4)cc4c3B3c5c(cccc5[Si](c5ccccc5)(c5ccccc5)c5cccc2c53)O4)cc(C(C)(C)C)c1. The molecule has 8 aromatic carbocycles. The minimum atomic E-state index is -2.90. The molecule has 8 aromatic rings. The zero-order valence-electron chi connectivity index (χ0n) is 35.8. The van der Waals surface area contributed by atoms with Crippen molar-refractivity contribution in [3.05, 3.63) is 199 Å². The van der Waals surface area contributed by atoms with Gasteiger partial charge in [0.1, 0.15) is 11.5 Å². The number of benzene rings is 8. The van der Waals surface area contributed by atoms with Crippen molar-refractivity contribution < 1.29 is 4.74 Å². The second-order valence-corrected chi connectivity index (χ2v) is 22.7. The van der Waals surface area contributed by atoms with Crippen LogP contribution in [0.5, 0.6) is 11.5 Å². The van der Waals surface area contributed by atoms with Crippen LogP contribution < -0.4 is 51.7 Å². The minimum Gasteiger partial charge on any atom is -0.458 e. The Labute approximate surface area is 362 Å². The van der Waals surface area contributed by atoms with E-state index in [1.54, 1.807) is 0 Å². The maximum Gasteiger partial charge on any atom is 0.256 e. The van der Waals surface area contributed by atoms with E-state index in [1.165, 1.54) is 59.6 Å². The van der Waals surface area contributed by atoms with Gasteiger partial charge in [0.2, 0.25) is 0 Å². The van der Waals surface area contributed by atoms with E-state index in [0.29, 0.717) is 0 Å². The van der Waals surface area contributed by atoms with Crippen molar-refractivity contribution >= 4 is 86.0 Å². The third-order valence-corrected chi connectivity index (χ3v) is 18.1. The third-order valence-electron chi connectivity index (χ3n) is 13.2. The van der Waals surface area contributed by atoms with Crippen LogP contribution in [0, 0.1) is 0 Å². The molecular weight excluding hydrogens is 756 g/mol. The maximum atomic E-state index is 7.39. The number of ether oxygens (including phenoxy) is 1. The van der Waals surface area contributed by atoms with Crippen LogP contribution in [-0.4, -0.2) is 14.8 Å². The summed E-state index contributed by atoms with van der Waals surface area (Å²) in [7, 11) is -2.90. The molecule has 0 unspecified atom stereocenters. The fourth-order valence-electron chi connectivity index (χ4n) is 10.4. The van der Waals surface area contributed by atoms with E-state index in [1.807, 2.05) is 0 Å². The summed E-state index contributed by atoms with van der Waals surface area (Å²) in [5, 5.41) is 5.62. The summed E-state index contributed by atoms with van der Waals surface area (Å²) in [5.41, 5.74) is 13.2. The molecule has 296 valence electrons. The molecule has 0 fully saturated rings. The van der Waals surface area contributed by atoms with E-state index in [4.69, 9.17) is 4.74 Å². The lowest BCUT2D eigenvalue weighted by Crippen LogP contribution is -2.87. The van der Waals surface area contributed by atoms with Gasteiger partial charge in [-0.05, 0) is 114 Å². The molecule has 0 spiro atoms. The van der Waals surface area contributed by atoms with E-state index < -0.39 is 8.07 Å². The number of hydrogen-bond acceptors (Lipinski definition) is 3. The van der Waals surface area contributed by atoms with Gasteiger partial charge in [0.05, 0.1) is 5.69 Å². The van der Waals surface area contributed by atoms with Crippen LogP contribution in [0.3, 0.4) is 0 Å². The van der Waals surface area contributed by atoms with Crippen molar-refractivity contribution in [1.29, 1.82) is 0 Å². The molecular formula is C56H49BN2OSi. The zero-order valence-corrected chi connectivity index (χ0v) is 36.8. The summed E-state index contributed by atoms with van der Waals surface area (Å²) < 4.78 is 7.39. The molecule has 0 atom stereocenters. The largest absolute Gasteiger partial charge is 0.458 e. The average Bonchev–Trinajstić information content (AvgIpc) is 3.27. The van der Waals surface area contributed by atoms with Crippen molar-refractivity contribution in [1.82, 2.24) is 0 Å². The molecule has 0 aromatic heterocycles. The van der Waals surface area contributed by atoms with Gasteiger partial charge >= 0.3 is 0 Å². The van der Waals surface area contributed by atoms with Gasteiger partial charge < -0.3 is 14.5 Å². The lowest BCUT2D eigenvalue weighted by molar-refractivity contribution is 0.488. The molecule has 0 bridgehead atoms. The van der Waals surface area contributed by atoms with Crippen molar-refractivity contribution in [2.75, 3.05) is 9.80 Å². The summed E-state index contributed by atoms with van der Waals surface area (Å²) in [6.07, 6.45) is 0. The maximum absolute atomic E-state index is 7.39. The molecule has 61 heavy (non-hydrogen) atoms. The monoisotopic (exact) mass is 804 g/mol. The first kappa shape index (κ1) is 37.4. The molecule has 3 aliphatic rings. The van der Waals surface area contributed by atoms with E-state index in [9.17, 15) is 0 Å². The van der Waals surface area contributed by atoms with Gasteiger partial charge in [-0.3, -0.25) is 0 Å². The molecule has 0 saturated heterocycles. The van der Waals surface area contributed by atoms with Gasteiger partial charge in [-0.1, -0.05) is 169 Å². The smallest absolute Gasteiger partial charge is 0.256 e. The lowest BCUT2D eigenvalue weighted by atomic mass is 9.34. The molecule has 5 heteroatoms. The van der Waals surface area contributed by atoms with Gasteiger partial charge in [0.25, 0.3) is 6.71 Å². The Bertz CT molecular complexity index is 2860. The Morgan fingerprint density at radius 1 is 0.443 bits per heavy atom. The van der Waals surface area contributed by atoms with Crippen molar-refractivity contribution in [2.24, 2.45) is 0 Å². The van der Waals surface area contributed by atoms with Crippen molar-refractivity contribution in [3.63, 3.8) is 0 Å². The van der Waals surface area contributed by atoms with E-state index in [2.05, 4.69) is 239 Å². The Morgan fingerprint density at radius 2 is 0.951 bits per heavy atom. The van der Waals surface area contributed by atoms with Gasteiger partial charge in [-0.2, -0.15) is 0 Å². The molecule has 0 saturated carbocycles. The predicted octanol–water partition coefficient (Wildman–Crippen LogP) is 9.85. The second-order valence-electron chi connectivity index (χ2n) is 19.0. The first-order valence-corrected chi connectivity index (χ1v) is 23.6. The van der Waals surface area contributed by atoms with Gasteiger partial charge in [0, 0.05) is 34.5 Å². The highest BCUT2D eigenvalue weighted by Crippen LogP contribution is 2.47. The number of nitrogens with zero attached hydrogens (tertiary/aromatic N) is 2. The Kier molecular flexibility index (Phi) is 8.43. The van der Waals surface area contributed by atoms with Gasteiger partial charge in [-0.15, -0.1) is 0 Å². The first-order valence-electron chi connectivity index (χ1n) is 21.6. The summed E-state index contributed by atoms with van der Waals surface area (Å²) >= 11 is 0. The minimum absolute atomic E-state index is 0.00992. The summed E-state index contributed by atoms with van der Waals surface area (Å²) in [6, 6.07) is 70.2. The van der Waals surface area contributed by atoms with E-state index >= 15 is 0 Å². The standard InChI is InChI=1S/C56H49BN2OSi/c1-55(2,3)38-33-39(56(4,5)6)35-42(34-38)59-46-29-19-31-50-53(46)57-52-47(59)36-43(58(40-21-11-7-12-22-40)41-23-13-8-14-24-41)37-49(52)60-48-30-20-32-51(54(48)57)61(50,44-25-15-9-16-26-44)45-27-17-10-18-28-45/h7-37H,1-6H3. The highest BCUT2D eigenvalue weighted by atomic mass is 28.3. The number of rotatable bonds is 6. The Hall–Kier alpha value is -6.56. The molecule has 0 aliphatic carbocycles. The predicted molar refractivity (Wildman–Crippen MR) is 262 cm³/mol. The highest BCUT2D eigenvalue weighted by Gasteiger charge is 2.56. The van der Waals surface area contributed by atoms with Gasteiger partial charge in [-0.25, -0.2) is 0 Å². The molecule has 0 amide bonds. The van der Waals surface area contributed by atoms with Crippen molar-refractivity contribution in [3.8, 4) is 11.5 Å². The van der Waals surface area contributed by atoms with Gasteiger partial charge in [0.15, 0.2) is 8.07 Å². The third kappa shape index (κ3) is 5.71. The van der Waals surface area contributed by atoms with Crippen LogP contribution in [-0.2, 0) is 10.8 Å². The summed E-state index contributed by atoms with van der Waals surface area (Å²) in [6.45, 7) is 14.0. The van der Waals surface area contributed by atoms with Crippen LogP contribution in [0.15, 0.2) is 188 Å². The average molecular weight is 805 g/mol. The Morgan fingerprint density at radius 3 is 1.49 bits per heavy atom. The quantitative estimate of drug-likeness (QED) is 0.156. The van der Waals surface area contributed by atoms with E-state index in [0.717, 1.165) is 34.2 Å². The first-order chi connectivity index (χ1) is 29.5. The topological polar surface area (TPSA) is 15.7 Å². The van der Waals surface area contributed by atoms with Crippen LogP contribution in [0.2, 0.25) is 0 Å². The normalized spacial score (nSPS) is 14.3. The zero-order chi connectivity index (χ0) is 41.7. The summed E-state index contributed by atoms with van der Waals surface area (Å²) in [5.74, 6) is 1.85. The number of hydrogen-bond donors (Lipinski definition) is 0. The fraction of sp³-hybridized carbons (Fsp3) is 0.143. The molecule has 11 rings (SSSR count). The molecule has 3 nitrogen and oxygen atoms in total. The van der Waals surface area contributed by atoms with Crippen molar-refractivity contribution in [2.45, 2.75) is 52.4 Å². The molecule has 0 radical (unpaired) electrons.